The van der Waals surface area contributed by atoms with Gasteiger partial charge in [0, 0.05) is 10.4 Å². The van der Waals surface area contributed by atoms with E-state index in [2.05, 4.69) is 0 Å². The lowest BCUT2D eigenvalue weighted by Gasteiger charge is -2.03. The molecule has 0 saturated carbocycles. The Bertz CT molecular complexity index is 749. The molecule has 0 radical (unpaired) electrons. The molecule has 0 spiro atoms. The van der Waals surface area contributed by atoms with E-state index < -0.39 is 15.8 Å². The molecule has 0 bridgehead atoms. The smallest absolute Gasteiger partial charge is 0.348 e. The van der Waals surface area contributed by atoms with Crippen molar-refractivity contribution in [2.24, 2.45) is 0 Å². The Kier molecular flexibility index (Phi) is 4.84. The topological polar surface area (TPSA) is 86.5 Å². The van der Waals surface area contributed by atoms with Crippen molar-refractivity contribution in [3.63, 3.8) is 0 Å². The number of carbonyl (C=O) groups is 1. The Morgan fingerprint density at radius 1 is 1.29 bits per heavy atom. The second-order valence-corrected chi connectivity index (χ2v) is 8.08. The van der Waals surface area contributed by atoms with Gasteiger partial charge in [0.25, 0.3) is 0 Å². The van der Waals surface area contributed by atoms with Gasteiger partial charge in [-0.2, -0.15) is 0 Å². The minimum atomic E-state index is -3.13. The van der Waals surface area contributed by atoms with Crippen molar-refractivity contribution in [1.29, 1.82) is 0 Å². The van der Waals surface area contributed by atoms with E-state index in [0.717, 1.165) is 10.1 Å². The molecule has 0 unspecified atom stereocenters. The van der Waals surface area contributed by atoms with Gasteiger partial charge in [0.15, 0.2) is 9.84 Å². The summed E-state index contributed by atoms with van der Waals surface area (Å²) in [6.07, 6.45) is 0.564. The molecule has 0 aliphatic rings. The molecule has 0 fully saturated rings. The predicted molar refractivity (Wildman–Crippen MR) is 85.5 cm³/mol. The highest BCUT2D eigenvalue weighted by Gasteiger charge is 2.14. The highest BCUT2D eigenvalue weighted by atomic mass is 32.2. The van der Waals surface area contributed by atoms with Crippen LogP contribution in [0, 0.1) is 0 Å². The standard InChI is InChI=1S/C14H17NO4S2/c1-2-6-21(17,18)7-5-19-14(16)13-9-10-8-11(15)3-4-12(10)20-13/h3-4,8-9H,2,5-7,15H2,1H3. The number of benzene rings is 1. The van der Waals surface area contributed by atoms with Gasteiger partial charge in [0.1, 0.15) is 11.5 Å². The maximum Gasteiger partial charge on any atom is 0.348 e. The number of thiophene rings is 1. The summed E-state index contributed by atoms with van der Waals surface area (Å²) >= 11 is 1.30. The highest BCUT2D eigenvalue weighted by molar-refractivity contribution is 7.91. The fraction of sp³-hybridized carbons (Fsp3) is 0.357. The Morgan fingerprint density at radius 2 is 2.05 bits per heavy atom. The SMILES string of the molecule is CCCS(=O)(=O)CCOC(=O)c1cc2cc(N)ccc2s1. The zero-order valence-corrected chi connectivity index (χ0v) is 13.3. The molecule has 21 heavy (non-hydrogen) atoms. The maximum absolute atomic E-state index is 11.9. The molecule has 0 aliphatic heterocycles. The Hall–Kier alpha value is -1.60. The van der Waals surface area contributed by atoms with Crippen molar-refractivity contribution >= 4 is 42.9 Å². The summed E-state index contributed by atoms with van der Waals surface area (Å²) in [5.41, 5.74) is 6.32. The van der Waals surface area contributed by atoms with Crippen LogP contribution in [0.5, 0.6) is 0 Å². The van der Waals surface area contributed by atoms with Crippen LogP contribution in [0.1, 0.15) is 23.0 Å². The normalized spacial score (nSPS) is 11.7. The van der Waals surface area contributed by atoms with Crippen LogP contribution in [0.3, 0.4) is 0 Å². The van der Waals surface area contributed by atoms with Crippen LogP contribution in [0.2, 0.25) is 0 Å². The lowest BCUT2D eigenvalue weighted by Crippen LogP contribution is -2.17. The molecule has 0 atom stereocenters. The predicted octanol–water partition coefficient (Wildman–Crippen LogP) is 2.47. The number of carbonyl (C=O) groups excluding carboxylic acids is 1. The number of anilines is 1. The molecular formula is C14H17NO4S2. The molecule has 0 saturated heterocycles. The van der Waals surface area contributed by atoms with Crippen LogP contribution in [0.15, 0.2) is 24.3 Å². The molecule has 2 N–H and O–H groups in total. The fourth-order valence-electron chi connectivity index (χ4n) is 1.91. The molecular weight excluding hydrogens is 310 g/mol. The largest absolute Gasteiger partial charge is 0.460 e. The van der Waals surface area contributed by atoms with Crippen molar-refractivity contribution < 1.29 is 17.9 Å². The van der Waals surface area contributed by atoms with Crippen molar-refractivity contribution in [2.75, 3.05) is 23.8 Å². The first-order chi connectivity index (χ1) is 9.91. The molecule has 7 heteroatoms. The monoisotopic (exact) mass is 327 g/mol. The molecule has 1 heterocycles. The van der Waals surface area contributed by atoms with Crippen LogP contribution in [-0.2, 0) is 14.6 Å². The summed E-state index contributed by atoms with van der Waals surface area (Å²) in [4.78, 5) is 12.4. The summed E-state index contributed by atoms with van der Waals surface area (Å²) in [7, 11) is -3.13. The number of nitrogens with two attached hydrogens (primary N) is 1. The Balaban J connectivity index is 1.99. The van der Waals surface area contributed by atoms with Crippen LogP contribution in [0.25, 0.3) is 10.1 Å². The van der Waals surface area contributed by atoms with E-state index in [4.69, 9.17) is 10.5 Å². The van der Waals surface area contributed by atoms with E-state index >= 15 is 0 Å². The third kappa shape index (κ3) is 4.18. The lowest BCUT2D eigenvalue weighted by atomic mass is 10.2. The summed E-state index contributed by atoms with van der Waals surface area (Å²) in [6.45, 7) is 1.68. The number of rotatable bonds is 6. The van der Waals surface area contributed by atoms with E-state index in [1.54, 1.807) is 25.1 Å². The first-order valence-corrected chi connectivity index (χ1v) is 9.21. The third-order valence-corrected chi connectivity index (χ3v) is 5.80. The van der Waals surface area contributed by atoms with Gasteiger partial charge in [-0.1, -0.05) is 6.92 Å². The molecule has 0 aliphatic carbocycles. The van der Waals surface area contributed by atoms with E-state index in [9.17, 15) is 13.2 Å². The van der Waals surface area contributed by atoms with E-state index in [0.29, 0.717) is 17.0 Å². The van der Waals surface area contributed by atoms with Gasteiger partial charge in [-0.05, 0) is 36.1 Å². The van der Waals surface area contributed by atoms with Crippen molar-refractivity contribution in [3.05, 3.63) is 29.1 Å². The van der Waals surface area contributed by atoms with Gasteiger partial charge in [0.2, 0.25) is 0 Å². The summed E-state index contributed by atoms with van der Waals surface area (Å²) in [5.74, 6) is -0.515. The molecule has 2 rings (SSSR count). The quantitative estimate of drug-likeness (QED) is 0.650. The Morgan fingerprint density at radius 3 is 2.76 bits per heavy atom. The fourth-order valence-corrected chi connectivity index (χ4v) is 4.01. The summed E-state index contributed by atoms with van der Waals surface area (Å²) in [5, 5.41) is 0.880. The number of esters is 1. The summed E-state index contributed by atoms with van der Waals surface area (Å²) in [6, 6.07) is 7.11. The van der Waals surface area contributed by atoms with Gasteiger partial charge in [-0.3, -0.25) is 0 Å². The van der Waals surface area contributed by atoms with E-state index in [-0.39, 0.29) is 18.1 Å². The van der Waals surface area contributed by atoms with Crippen LogP contribution < -0.4 is 5.73 Å². The molecule has 1 aromatic heterocycles. The number of nitrogen functional groups attached to an aromatic ring is 1. The number of hydrogen-bond donors (Lipinski definition) is 1. The lowest BCUT2D eigenvalue weighted by molar-refractivity contribution is 0.0535. The number of hydrogen-bond acceptors (Lipinski definition) is 6. The molecule has 0 amide bonds. The van der Waals surface area contributed by atoms with Crippen LogP contribution in [0.4, 0.5) is 5.69 Å². The van der Waals surface area contributed by atoms with Gasteiger partial charge < -0.3 is 10.5 Å². The second kappa shape index (κ2) is 6.44. The van der Waals surface area contributed by atoms with Crippen molar-refractivity contribution in [3.8, 4) is 0 Å². The van der Waals surface area contributed by atoms with E-state index in [1.165, 1.54) is 11.3 Å². The average Bonchev–Trinajstić information content (AvgIpc) is 2.81. The summed E-state index contributed by atoms with van der Waals surface area (Å²) < 4.78 is 29.0. The molecule has 114 valence electrons. The van der Waals surface area contributed by atoms with Gasteiger partial charge >= 0.3 is 5.97 Å². The van der Waals surface area contributed by atoms with Crippen LogP contribution >= 0.6 is 11.3 Å². The van der Waals surface area contributed by atoms with Crippen molar-refractivity contribution in [1.82, 2.24) is 0 Å². The zero-order valence-electron chi connectivity index (χ0n) is 11.7. The second-order valence-electron chi connectivity index (χ2n) is 4.70. The van der Waals surface area contributed by atoms with Gasteiger partial charge in [-0.15, -0.1) is 11.3 Å². The van der Waals surface area contributed by atoms with Crippen molar-refractivity contribution in [2.45, 2.75) is 13.3 Å². The molecule has 5 nitrogen and oxygen atoms in total. The molecule has 2 aromatic rings. The number of sulfone groups is 1. The average molecular weight is 327 g/mol. The third-order valence-electron chi connectivity index (χ3n) is 2.88. The highest BCUT2D eigenvalue weighted by Crippen LogP contribution is 2.27. The maximum atomic E-state index is 11.9. The first-order valence-electron chi connectivity index (χ1n) is 6.58. The minimum Gasteiger partial charge on any atom is -0.460 e. The van der Waals surface area contributed by atoms with Gasteiger partial charge in [0.05, 0.1) is 11.5 Å². The Labute approximate surface area is 127 Å². The number of fused-ring (bicyclic) bond motifs is 1. The number of ether oxygens (including phenoxy) is 1. The first kappa shape index (κ1) is 15.8. The molecule has 1 aromatic carbocycles. The van der Waals surface area contributed by atoms with Crippen LogP contribution in [-0.4, -0.2) is 32.5 Å². The minimum absolute atomic E-state index is 0.114. The van der Waals surface area contributed by atoms with E-state index in [1.807, 2.05) is 6.07 Å². The van der Waals surface area contributed by atoms with Gasteiger partial charge in [-0.25, -0.2) is 13.2 Å². The zero-order chi connectivity index (χ0) is 15.5.